The van der Waals surface area contributed by atoms with E-state index in [0.717, 1.165) is 4.90 Å². The molecule has 126 valence electrons. The molecule has 0 aromatic heterocycles. The molecule has 0 aromatic carbocycles. The van der Waals surface area contributed by atoms with Crippen molar-refractivity contribution in [1.29, 1.82) is 0 Å². The first-order valence-corrected chi connectivity index (χ1v) is 7.06. The number of hydrogen-bond acceptors (Lipinski definition) is 6. The van der Waals surface area contributed by atoms with Gasteiger partial charge in [-0.2, -0.15) is 0 Å². The number of hydrogen-bond donors (Lipinski definition) is 5. The van der Waals surface area contributed by atoms with Crippen LogP contribution in [0.25, 0.3) is 0 Å². The molecule has 9 heteroatoms. The van der Waals surface area contributed by atoms with E-state index in [9.17, 15) is 24.6 Å². The summed E-state index contributed by atoms with van der Waals surface area (Å²) in [4.78, 5) is 36.7. The molecule has 0 saturated carbocycles. The highest BCUT2D eigenvalue weighted by Gasteiger charge is 2.43. The van der Waals surface area contributed by atoms with E-state index in [0.29, 0.717) is 0 Å². The van der Waals surface area contributed by atoms with Crippen LogP contribution >= 0.6 is 0 Å². The molecule has 0 spiro atoms. The van der Waals surface area contributed by atoms with Gasteiger partial charge in [0.05, 0.1) is 12.7 Å². The summed E-state index contributed by atoms with van der Waals surface area (Å²) in [6.07, 6.45) is -0.744. The summed E-state index contributed by atoms with van der Waals surface area (Å²) in [7, 11) is 0. The Hall–Kier alpha value is -1.71. The molecule has 4 atom stereocenters. The number of carbonyl (C=O) groups is 3. The number of aliphatic carboxylic acids is 1. The molecular weight excluding hydrogens is 294 g/mol. The van der Waals surface area contributed by atoms with Crippen molar-refractivity contribution in [2.45, 2.75) is 50.4 Å². The SMILES string of the molecule is CC[C@](C)(NC(=O)[C@H]1C[C@H](O)CN1C(=O)[C@@H](N)CO)C(=O)O. The predicted molar refractivity (Wildman–Crippen MR) is 75.7 cm³/mol. The van der Waals surface area contributed by atoms with Gasteiger partial charge >= 0.3 is 5.97 Å². The van der Waals surface area contributed by atoms with Crippen LogP contribution in [-0.4, -0.2) is 74.9 Å². The van der Waals surface area contributed by atoms with Gasteiger partial charge in [0.25, 0.3) is 0 Å². The van der Waals surface area contributed by atoms with Crippen LogP contribution in [0.4, 0.5) is 0 Å². The lowest BCUT2D eigenvalue weighted by molar-refractivity contribution is -0.148. The number of carboxylic acid groups (broad SMARTS) is 1. The molecule has 1 rings (SSSR count). The molecule has 6 N–H and O–H groups in total. The average molecular weight is 317 g/mol. The Morgan fingerprint density at radius 1 is 1.45 bits per heavy atom. The minimum absolute atomic E-state index is 0.00483. The van der Waals surface area contributed by atoms with E-state index in [1.807, 2.05) is 0 Å². The molecule has 0 bridgehead atoms. The van der Waals surface area contributed by atoms with Crippen LogP contribution in [0.15, 0.2) is 0 Å². The van der Waals surface area contributed by atoms with Crippen LogP contribution in [0.3, 0.4) is 0 Å². The number of carboxylic acids is 1. The zero-order valence-electron chi connectivity index (χ0n) is 12.7. The number of carbonyl (C=O) groups excluding carboxylic acids is 2. The Morgan fingerprint density at radius 2 is 2.05 bits per heavy atom. The van der Waals surface area contributed by atoms with Gasteiger partial charge in [-0.3, -0.25) is 9.59 Å². The molecule has 1 aliphatic heterocycles. The van der Waals surface area contributed by atoms with Gasteiger partial charge in [0.1, 0.15) is 17.6 Å². The number of nitrogens with two attached hydrogens (primary N) is 1. The lowest BCUT2D eigenvalue weighted by Crippen LogP contribution is -2.58. The van der Waals surface area contributed by atoms with E-state index in [1.165, 1.54) is 6.92 Å². The quantitative estimate of drug-likeness (QED) is 0.367. The minimum Gasteiger partial charge on any atom is -0.480 e. The largest absolute Gasteiger partial charge is 0.480 e. The average Bonchev–Trinajstić information content (AvgIpc) is 2.87. The van der Waals surface area contributed by atoms with Crippen LogP contribution in [-0.2, 0) is 14.4 Å². The number of likely N-dealkylation sites (tertiary alicyclic amines) is 1. The summed E-state index contributed by atoms with van der Waals surface area (Å²) < 4.78 is 0. The van der Waals surface area contributed by atoms with Gasteiger partial charge in [0.15, 0.2) is 0 Å². The smallest absolute Gasteiger partial charge is 0.329 e. The molecule has 0 aliphatic carbocycles. The van der Waals surface area contributed by atoms with Crippen molar-refractivity contribution in [2.75, 3.05) is 13.2 Å². The fraction of sp³-hybridized carbons (Fsp3) is 0.769. The lowest BCUT2D eigenvalue weighted by Gasteiger charge is -2.30. The molecule has 1 aliphatic rings. The molecule has 9 nitrogen and oxygen atoms in total. The number of rotatable bonds is 6. The number of nitrogens with one attached hydrogen (secondary N) is 1. The third-order valence-corrected chi connectivity index (χ3v) is 3.96. The summed E-state index contributed by atoms with van der Waals surface area (Å²) in [5.41, 5.74) is 4.00. The second-order valence-corrected chi connectivity index (χ2v) is 5.67. The second kappa shape index (κ2) is 7.03. The van der Waals surface area contributed by atoms with E-state index in [2.05, 4.69) is 5.32 Å². The molecule has 0 unspecified atom stereocenters. The first-order chi connectivity index (χ1) is 10.2. The van der Waals surface area contributed by atoms with Gasteiger partial charge in [-0.25, -0.2) is 4.79 Å². The molecule has 0 radical (unpaired) electrons. The summed E-state index contributed by atoms with van der Waals surface area (Å²) in [6.45, 7) is 2.31. The Kier molecular flexibility index (Phi) is 5.86. The number of aliphatic hydroxyl groups is 2. The maximum absolute atomic E-state index is 12.3. The second-order valence-electron chi connectivity index (χ2n) is 5.67. The van der Waals surface area contributed by atoms with E-state index in [1.54, 1.807) is 6.92 Å². The van der Waals surface area contributed by atoms with E-state index in [-0.39, 0.29) is 19.4 Å². The van der Waals surface area contributed by atoms with Crippen molar-refractivity contribution in [3.8, 4) is 0 Å². The van der Waals surface area contributed by atoms with Crippen LogP contribution in [0.5, 0.6) is 0 Å². The molecule has 22 heavy (non-hydrogen) atoms. The van der Waals surface area contributed by atoms with Crippen LogP contribution < -0.4 is 11.1 Å². The fourth-order valence-electron chi connectivity index (χ4n) is 2.25. The van der Waals surface area contributed by atoms with Gasteiger partial charge in [-0.15, -0.1) is 0 Å². The van der Waals surface area contributed by atoms with E-state index in [4.69, 9.17) is 10.8 Å². The summed E-state index contributed by atoms with van der Waals surface area (Å²) in [5.74, 6) is -2.51. The van der Waals surface area contributed by atoms with Crippen LogP contribution in [0, 0.1) is 0 Å². The molecule has 1 fully saturated rings. The first kappa shape index (κ1) is 18.3. The minimum atomic E-state index is -1.46. The van der Waals surface area contributed by atoms with Gasteiger partial charge in [-0.1, -0.05) is 6.92 Å². The molecule has 2 amide bonds. The molecular formula is C13H23N3O6. The van der Waals surface area contributed by atoms with E-state index >= 15 is 0 Å². The standard InChI is InChI=1S/C13H23N3O6/c1-3-13(2,12(21)22)15-10(19)9-4-7(18)5-16(9)11(20)8(14)6-17/h7-9,17-18H,3-6,14H2,1-2H3,(H,15,19)(H,21,22)/t7-,8-,9+,13-/m0/s1. The highest BCUT2D eigenvalue weighted by atomic mass is 16.4. The Morgan fingerprint density at radius 3 is 2.50 bits per heavy atom. The van der Waals surface area contributed by atoms with E-state index < -0.39 is 48.1 Å². The number of aliphatic hydroxyl groups excluding tert-OH is 2. The fourth-order valence-corrected chi connectivity index (χ4v) is 2.25. The third-order valence-electron chi connectivity index (χ3n) is 3.96. The molecule has 1 saturated heterocycles. The van der Waals surface area contributed by atoms with Crippen molar-refractivity contribution in [1.82, 2.24) is 10.2 Å². The van der Waals surface area contributed by atoms with Crippen molar-refractivity contribution >= 4 is 17.8 Å². The Labute approximate surface area is 128 Å². The zero-order chi connectivity index (χ0) is 17.1. The highest BCUT2D eigenvalue weighted by Crippen LogP contribution is 2.20. The van der Waals surface area contributed by atoms with Crippen LogP contribution in [0.2, 0.25) is 0 Å². The van der Waals surface area contributed by atoms with Crippen molar-refractivity contribution in [3.05, 3.63) is 0 Å². The topological polar surface area (TPSA) is 153 Å². The number of nitrogens with zero attached hydrogens (tertiary/aromatic N) is 1. The lowest BCUT2D eigenvalue weighted by atomic mass is 9.98. The molecule has 1 heterocycles. The van der Waals surface area contributed by atoms with Crippen molar-refractivity contribution in [3.63, 3.8) is 0 Å². The van der Waals surface area contributed by atoms with Gasteiger partial charge < -0.3 is 31.3 Å². The van der Waals surface area contributed by atoms with Crippen molar-refractivity contribution < 1.29 is 29.7 Å². The maximum atomic E-state index is 12.3. The summed E-state index contributed by atoms with van der Waals surface area (Å²) in [6, 6.07) is -2.19. The maximum Gasteiger partial charge on any atom is 0.329 e. The monoisotopic (exact) mass is 317 g/mol. The number of β-amino-alcohol motifs (C(OH)–C–C–N with tert-alkyl or cyclic N) is 1. The predicted octanol–water partition coefficient (Wildman–Crippen LogP) is -2.36. The Balaban J connectivity index is 2.90. The van der Waals surface area contributed by atoms with Gasteiger partial charge in [0.2, 0.25) is 11.8 Å². The highest BCUT2D eigenvalue weighted by molar-refractivity contribution is 5.93. The Bertz CT molecular complexity index is 457. The zero-order valence-corrected chi connectivity index (χ0v) is 12.7. The van der Waals surface area contributed by atoms with Crippen molar-refractivity contribution in [2.24, 2.45) is 5.73 Å². The van der Waals surface area contributed by atoms with Gasteiger partial charge in [0, 0.05) is 13.0 Å². The summed E-state index contributed by atoms with van der Waals surface area (Å²) in [5, 5.41) is 30.2. The van der Waals surface area contributed by atoms with Gasteiger partial charge in [-0.05, 0) is 13.3 Å². The molecule has 0 aromatic rings. The normalized spacial score (nSPS) is 25.4. The first-order valence-electron chi connectivity index (χ1n) is 7.06. The third kappa shape index (κ3) is 3.73. The summed E-state index contributed by atoms with van der Waals surface area (Å²) >= 11 is 0. The number of amides is 2. The van der Waals surface area contributed by atoms with Crippen LogP contribution in [0.1, 0.15) is 26.7 Å².